The molecule has 0 aromatic rings. The Bertz CT molecular complexity index is 217. The summed E-state index contributed by atoms with van der Waals surface area (Å²) < 4.78 is 0. The molecule has 0 aromatic heterocycles. The van der Waals surface area contributed by atoms with Crippen molar-refractivity contribution in [3.05, 3.63) is 0 Å². The second-order valence-electron chi connectivity index (χ2n) is 3.63. The Kier molecular flexibility index (Phi) is 6.70. The van der Waals surface area contributed by atoms with Crippen LogP contribution in [-0.4, -0.2) is 49.9 Å². The highest BCUT2D eigenvalue weighted by Gasteiger charge is 2.16. The van der Waals surface area contributed by atoms with Crippen LogP contribution >= 0.6 is 0 Å². The Labute approximate surface area is 91.2 Å². The third-order valence-corrected chi connectivity index (χ3v) is 1.97. The molecule has 88 valence electrons. The first-order chi connectivity index (χ1) is 6.99. The van der Waals surface area contributed by atoms with E-state index >= 15 is 0 Å². The Hall–Kier alpha value is -1.10. The van der Waals surface area contributed by atoms with Crippen LogP contribution in [0.5, 0.6) is 0 Å². The van der Waals surface area contributed by atoms with E-state index in [1.165, 1.54) is 4.90 Å². The lowest BCUT2D eigenvalue weighted by atomic mass is 10.3. The van der Waals surface area contributed by atoms with Crippen molar-refractivity contribution in [3.8, 4) is 0 Å². The molecule has 0 heterocycles. The number of hydrogen-bond donors (Lipinski definition) is 2. The average Bonchev–Trinajstić information content (AvgIpc) is 2.16. The van der Waals surface area contributed by atoms with E-state index in [0.717, 1.165) is 6.54 Å². The van der Waals surface area contributed by atoms with Crippen LogP contribution in [0.1, 0.15) is 20.3 Å². The Balaban J connectivity index is 3.81. The van der Waals surface area contributed by atoms with Crippen molar-refractivity contribution >= 4 is 11.8 Å². The van der Waals surface area contributed by atoms with Gasteiger partial charge in [0.15, 0.2) is 0 Å². The van der Waals surface area contributed by atoms with E-state index in [1.807, 2.05) is 6.92 Å². The summed E-state index contributed by atoms with van der Waals surface area (Å²) in [6.07, 6.45) is 0.402. The van der Waals surface area contributed by atoms with Gasteiger partial charge in [0.2, 0.25) is 11.8 Å². The van der Waals surface area contributed by atoms with Gasteiger partial charge in [-0.25, -0.2) is 0 Å². The highest BCUT2D eigenvalue weighted by atomic mass is 16.2. The van der Waals surface area contributed by atoms with Crippen LogP contribution in [0.4, 0.5) is 0 Å². The largest absolute Gasteiger partial charge is 0.347 e. The van der Waals surface area contributed by atoms with Gasteiger partial charge in [0, 0.05) is 27.1 Å². The Morgan fingerprint density at radius 2 is 1.93 bits per heavy atom. The molecule has 0 aliphatic rings. The van der Waals surface area contributed by atoms with E-state index in [9.17, 15) is 9.59 Å². The lowest BCUT2D eigenvalue weighted by Crippen LogP contribution is -2.44. The summed E-state index contributed by atoms with van der Waals surface area (Å²) in [6, 6.07) is -0.450. The van der Waals surface area contributed by atoms with Gasteiger partial charge in [-0.2, -0.15) is 0 Å². The number of likely N-dealkylation sites (N-methyl/N-ethyl adjacent to an activating group) is 1. The molecule has 0 aliphatic heterocycles. The molecule has 0 bridgehead atoms. The number of rotatable bonds is 6. The van der Waals surface area contributed by atoms with E-state index in [-0.39, 0.29) is 11.8 Å². The number of amides is 2. The van der Waals surface area contributed by atoms with Gasteiger partial charge in [-0.1, -0.05) is 6.92 Å². The average molecular weight is 215 g/mol. The molecule has 5 heteroatoms. The molecule has 2 N–H and O–H groups in total. The second-order valence-corrected chi connectivity index (χ2v) is 3.63. The molecule has 1 unspecified atom stereocenters. The van der Waals surface area contributed by atoms with Crippen LogP contribution in [0.25, 0.3) is 0 Å². The van der Waals surface area contributed by atoms with Gasteiger partial charge in [-0.3, -0.25) is 9.59 Å². The molecule has 0 aromatic carbocycles. The highest BCUT2D eigenvalue weighted by Crippen LogP contribution is 1.89. The summed E-state index contributed by atoms with van der Waals surface area (Å²) in [6.45, 7) is 5.16. The van der Waals surface area contributed by atoms with Crippen LogP contribution in [0, 0.1) is 0 Å². The second kappa shape index (κ2) is 7.23. The van der Waals surface area contributed by atoms with E-state index in [2.05, 4.69) is 10.6 Å². The Morgan fingerprint density at radius 1 is 1.33 bits per heavy atom. The first-order valence-corrected chi connectivity index (χ1v) is 5.20. The maximum atomic E-state index is 11.4. The van der Waals surface area contributed by atoms with Crippen LogP contribution in [0.2, 0.25) is 0 Å². The number of nitrogens with zero attached hydrogens (tertiary/aromatic N) is 1. The molecular weight excluding hydrogens is 194 g/mol. The predicted molar refractivity (Wildman–Crippen MR) is 59.5 cm³/mol. The van der Waals surface area contributed by atoms with E-state index in [1.54, 1.807) is 21.0 Å². The zero-order valence-corrected chi connectivity index (χ0v) is 9.96. The highest BCUT2D eigenvalue weighted by molar-refractivity contribution is 5.87. The molecule has 0 rings (SSSR count). The molecule has 2 amide bonds. The minimum atomic E-state index is -0.450. The molecule has 15 heavy (non-hydrogen) atoms. The number of carbonyl (C=O) groups is 2. The molecule has 0 aliphatic carbocycles. The summed E-state index contributed by atoms with van der Waals surface area (Å²) in [7, 11) is 3.34. The third-order valence-electron chi connectivity index (χ3n) is 1.97. The summed E-state index contributed by atoms with van der Waals surface area (Å²) in [5.41, 5.74) is 0. The van der Waals surface area contributed by atoms with E-state index in [4.69, 9.17) is 0 Å². The minimum Gasteiger partial charge on any atom is -0.347 e. The third kappa shape index (κ3) is 6.06. The van der Waals surface area contributed by atoms with Crippen LogP contribution in [-0.2, 0) is 9.59 Å². The summed E-state index contributed by atoms with van der Waals surface area (Å²) >= 11 is 0. The lowest BCUT2D eigenvalue weighted by Gasteiger charge is -2.17. The van der Waals surface area contributed by atoms with Gasteiger partial charge in [0.1, 0.15) is 6.04 Å². The monoisotopic (exact) mass is 215 g/mol. The summed E-state index contributed by atoms with van der Waals surface area (Å²) in [5.74, 6) is -0.189. The summed E-state index contributed by atoms with van der Waals surface area (Å²) in [4.78, 5) is 24.2. The summed E-state index contributed by atoms with van der Waals surface area (Å²) in [5, 5.41) is 5.70. The van der Waals surface area contributed by atoms with E-state index < -0.39 is 6.04 Å². The molecule has 1 atom stereocenters. The molecule has 0 saturated heterocycles. The van der Waals surface area contributed by atoms with Gasteiger partial charge in [0.05, 0.1) is 0 Å². The Morgan fingerprint density at radius 3 is 2.40 bits per heavy atom. The molecule has 5 nitrogen and oxygen atoms in total. The number of hydrogen-bond acceptors (Lipinski definition) is 3. The smallest absolute Gasteiger partial charge is 0.244 e. The standard InChI is InChI=1S/C10H21N3O2/c1-5-11-7-6-9(14)12-8(2)10(15)13(3)4/h8,11H,5-7H2,1-4H3,(H,12,14). The van der Waals surface area contributed by atoms with Crippen LogP contribution in [0.15, 0.2) is 0 Å². The van der Waals surface area contributed by atoms with Crippen molar-refractivity contribution in [2.45, 2.75) is 26.3 Å². The molecule has 0 radical (unpaired) electrons. The zero-order chi connectivity index (χ0) is 11.8. The predicted octanol–water partition coefficient (Wildman–Crippen LogP) is -0.421. The number of nitrogens with one attached hydrogen (secondary N) is 2. The first-order valence-electron chi connectivity index (χ1n) is 5.20. The van der Waals surface area contributed by atoms with Crippen LogP contribution in [0.3, 0.4) is 0 Å². The first kappa shape index (κ1) is 13.9. The molecule has 0 spiro atoms. The van der Waals surface area contributed by atoms with Gasteiger partial charge in [-0.05, 0) is 13.5 Å². The lowest BCUT2D eigenvalue weighted by molar-refractivity contribution is -0.133. The fraction of sp³-hybridized carbons (Fsp3) is 0.800. The fourth-order valence-electron chi connectivity index (χ4n) is 1.14. The zero-order valence-electron chi connectivity index (χ0n) is 9.96. The van der Waals surface area contributed by atoms with Gasteiger partial charge in [-0.15, -0.1) is 0 Å². The van der Waals surface area contributed by atoms with Crippen molar-refractivity contribution in [1.82, 2.24) is 15.5 Å². The van der Waals surface area contributed by atoms with Crippen molar-refractivity contribution in [2.24, 2.45) is 0 Å². The minimum absolute atomic E-state index is 0.0909. The fourth-order valence-corrected chi connectivity index (χ4v) is 1.14. The van der Waals surface area contributed by atoms with Crippen molar-refractivity contribution in [3.63, 3.8) is 0 Å². The van der Waals surface area contributed by atoms with Gasteiger partial charge in [0.25, 0.3) is 0 Å². The van der Waals surface area contributed by atoms with Crippen molar-refractivity contribution in [2.75, 3.05) is 27.2 Å². The maximum absolute atomic E-state index is 11.4. The molecular formula is C10H21N3O2. The topological polar surface area (TPSA) is 61.4 Å². The molecule has 0 saturated carbocycles. The quantitative estimate of drug-likeness (QED) is 0.592. The van der Waals surface area contributed by atoms with Gasteiger partial charge >= 0.3 is 0 Å². The number of carbonyl (C=O) groups excluding carboxylic acids is 2. The van der Waals surface area contributed by atoms with Gasteiger partial charge < -0.3 is 15.5 Å². The normalized spacial score (nSPS) is 12.0. The maximum Gasteiger partial charge on any atom is 0.244 e. The van der Waals surface area contributed by atoms with Crippen molar-refractivity contribution in [1.29, 1.82) is 0 Å². The van der Waals surface area contributed by atoms with Crippen molar-refractivity contribution < 1.29 is 9.59 Å². The SMILES string of the molecule is CCNCCC(=O)NC(C)C(=O)N(C)C. The van der Waals surface area contributed by atoms with Crippen LogP contribution < -0.4 is 10.6 Å². The molecule has 0 fully saturated rings. The van der Waals surface area contributed by atoms with E-state index in [0.29, 0.717) is 13.0 Å².